The van der Waals surface area contributed by atoms with Gasteiger partial charge in [-0.2, -0.15) is 0 Å². The van der Waals surface area contributed by atoms with Gasteiger partial charge in [0, 0.05) is 17.1 Å². The van der Waals surface area contributed by atoms with E-state index in [9.17, 15) is 39.0 Å². The van der Waals surface area contributed by atoms with Crippen LogP contribution in [0.3, 0.4) is 0 Å². The average Bonchev–Trinajstić information content (AvgIpc) is 3.27. The lowest BCUT2D eigenvalue weighted by atomic mass is 9.98. The number of para-hydroxylation sites is 1. The van der Waals surface area contributed by atoms with Crippen LogP contribution in [0.5, 0.6) is 0 Å². The lowest BCUT2D eigenvalue weighted by Crippen LogP contribution is -2.58. The molecule has 0 aliphatic heterocycles. The number of hydrogen-bond donors (Lipinski definition) is 8. The second kappa shape index (κ2) is 13.9. The number of aromatic nitrogens is 1. The van der Waals surface area contributed by atoms with E-state index in [-0.39, 0.29) is 6.42 Å². The molecule has 0 spiro atoms. The highest BCUT2D eigenvalue weighted by atomic mass is 16.4. The molecule has 0 aliphatic carbocycles. The number of aromatic amines is 1. The van der Waals surface area contributed by atoms with Crippen LogP contribution in [0.2, 0.25) is 0 Å². The van der Waals surface area contributed by atoms with E-state index in [2.05, 4.69) is 20.9 Å². The minimum atomic E-state index is -1.66. The zero-order valence-electron chi connectivity index (χ0n) is 21.6. The molecule has 10 N–H and O–H groups in total. The minimum Gasteiger partial charge on any atom is -0.481 e. The minimum absolute atomic E-state index is 0.0795. The molecular weight excluding hydrogens is 512 g/mol. The number of rotatable bonds is 15. The number of carbonyl (C=O) groups is 6. The number of primary amides is 1. The molecule has 0 fully saturated rings. The van der Waals surface area contributed by atoms with Crippen molar-refractivity contribution in [3.8, 4) is 0 Å². The molecule has 1 heterocycles. The van der Waals surface area contributed by atoms with Gasteiger partial charge in [-0.15, -0.1) is 0 Å². The fourth-order valence-corrected chi connectivity index (χ4v) is 3.91. The standard InChI is InChI=1S/C25H34N6O8/c1-3-12(2)21(25(38)39)31-24(37)17(9-19(27)32)30-23(36)18(10-20(33)34)29-22(35)15(26)8-13-11-28-16-7-5-4-6-14(13)16/h4-7,11-12,15,17-18,21,28H,3,8-10,26H2,1-2H3,(H2,27,32)(H,29,35)(H,30,36)(H,31,37)(H,33,34)(H,38,39). The maximum Gasteiger partial charge on any atom is 0.326 e. The van der Waals surface area contributed by atoms with Gasteiger partial charge in [-0.3, -0.25) is 24.0 Å². The quantitative estimate of drug-likeness (QED) is 0.136. The van der Waals surface area contributed by atoms with Gasteiger partial charge in [0.05, 0.1) is 18.9 Å². The van der Waals surface area contributed by atoms with Crippen LogP contribution in [0.1, 0.15) is 38.7 Å². The summed E-state index contributed by atoms with van der Waals surface area (Å²) in [5.74, 6) is -7.13. The first-order chi connectivity index (χ1) is 18.3. The molecule has 2 rings (SSSR count). The molecular formula is C25H34N6O8. The number of aliphatic carboxylic acids is 2. The summed E-state index contributed by atoms with van der Waals surface area (Å²) in [4.78, 5) is 76.1. The van der Waals surface area contributed by atoms with Crippen molar-refractivity contribution in [3.05, 3.63) is 36.0 Å². The molecule has 0 bridgehead atoms. The average molecular weight is 547 g/mol. The van der Waals surface area contributed by atoms with Gasteiger partial charge in [-0.1, -0.05) is 38.5 Å². The van der Waals surface area contributed by atoms with Gasteiger partial charge in [0.15, 0.2) is 0 Å². The van der Waals surface area contributed by atoms with Gasteiger partial charge in [-0.25, -0.2) is 4.79 Å². The van der Waals surface area contributed by atoms with Crippen molar-refractivity contribution in [1.82, 2.24) is 20.9 Å². The molecule has 5 unspecified atom stereocenters. The third-order valence-electron chi connectivity index (χ3n) is 6.28. The number of carboxylic acid groups (broad SMARTS) is 2. The smallest absolute Gasteiger partial charge is 0.326 e. The molecule has 212 valence electrons. The summed E-state index contributed by atoms with van der Waals surface area (Å²) >= 11 is 0. The third-order valence-corrected chi connectivity index (χ3v) is 6.28. The SMILES string of the molecule is CCC(C)C(NC(=O)C(CC(N)=O)NC(=O)C(CC(=O)O)NC(=O)C(N)Cc1c[nH]c2ccccc12)C(=O)O. The summed E-state index contributed by atoms with van der Waals surface area (Å²) in [6.45, 7) is 3.32. The molecule has 1 aromatic carbocycles. The predicted molar refractivity (Wildman–Crippen MR) is 139 cm³/mol. The van der Waals surface area contributed by atoms with Crippen molar-refractivity contribution in [2.45, 2.75) is 63.7 Å². The molecule has 1 aromatic heterocycles. The first kappa shape index (κ1) is 30.8. The Bertz CT molecular complexity index is 1230. The predicted octanol–water partition coefficient (Wildman–Crippen LogP) is -1.03. The molecule has 14 heteroatoms. The normalized spacial score (nSPS) is 14.8. The zero-order chi connectivity index (χ0) is 29.3. The first-order valence-corrected chi connectivity index (χ1v) is 12.3. The second-order valence-corrected chi connectivity index (χ2v) is 9.27. The number of hydrogen-bond acceptors (Lipinski definition) is 7. The Morgan fingerprint density at radius 1 is 0.923 bits per heavy atom. The van der Waals surface area contributed by atoms with Crippen LogP contribution in [0.15, 0.2) is 30.5 Å². The highest BCUT2D eigenvalue weighted by Gasteiger charge is 2.33. The Morgan fingerprint density at radius 3 is 2.10 bits per heavy atom. The second-order valence-electron chi connectivity index (χ2n) is 9.27. The van der Waals surface area contributed by atoms with E-state index in [0.717, 1.165) is 16.5 Å². The Labute approximate surface area is 223 Å². The van der Waals surface area contributed by atoms with Crippen LogP contribution in [-0.2, 0) is 35.2 Å². The first-order valence-electron chi connectivity index (χ1n) is 12.3. The summed E-state index contributed by atoms with van der Waals surface area (Å²) in [6, 6.07) is 1.61. The van der Waals surface area contributed by atoms with Crippen molar-refractivity contribution in [1.29, 1.82) is 0 Å². The molecule has 4 amide bonds. The van der Waals surface area contributed by atoms with Gasteiger partial charge in [-0.05, 0) is 24.0 Å². The maximum absolute atomic E-state index is 13.0. The number of carbonyl (C=O) groups excluding carboxylic acids is 4. The zero-order valence-corrected chi connectivity index (χ0v) is 21.6. The third kappa shape index (κ3) is 8.81. The van der Waals surface area contributed by atoms with Crippen molar-refractivity contribution in [3.63, 3.8) is 0 Å². The number of benzene rings is 1. The summed E-state index contributed by atoms with van der Waals surface area (Å²) in [6.07, 6.45) is 0.632. The molecule has 14 nitrogen and oxygen atoms in total. The number of H-pyrrole nitrogens is 1. The molecule has 0 radical (unpaired) electrons. The molecule has 0 saturated heterocycles. The highest BCUT2D eigenvalue weighted by molar-refractivity contribution is 5.97. The van der Waals surface area contributed by atoms with E-state index in [1.807, 2.05) is 24.3 Å². The summed E-state index contributed by atoms with van der Waals surface area (Å²) in [5, 5.41) is 26.3. The summed E-state index contributed by atoms with van der Waals surface area (Å²) in [5.41, 5.74) is 12.8. The van der Waals surface area contributed by atoms with Crippen LogP contribution in [0.4, 0.5) is 0 Å². The van der Waals surface area contributed by atoms with Crippen molar-refractivity contribution >= 4 is 46.5 Å². The van der Waals surface area contributed by atoms with Gasteiger partial charge in [0.1, 0.15) is 18.1 Å². The fraction of sp³-hybridized carbons (Fsp3) is 0.440. The van der Waals surface area contributed by atoms with E-state index >= 15 is 0 Å². The van der Waals surface area contributed by atoms with Crippen LogP contribution < -0.4 is 27.4 Å². The number of amides is 4. The summed E-state index contributed by atoms with van der Waals surface area (Å²) in [7, 11) is 0. The van der Waals surface area contributed by atoms with E-state index in [1.165, 1.54) is 0 Å². The van der Waals surface area contributed by atoms with Gasteiger partial charge in [0.25, 0.3) is 0 Å². The molecule has 0 saturated carbocycles. The van der Waals surface area contributed by atoms with E-state index < -0.39 is 78.5 Å². The van der Waals surface area contributed by atoms with Crippen molar-refractivity contribution in [2.24, 2.45) is 17.4 Å². The summed E-state index contributed by atoms with van der Waals surface area (Å²) < 4.78 is 0. The Hall–Kier alpha value is -4.46. The van der Waals surface area contributed by atoms with E-state index in [0.29, 0.717) is 6.42 Å². The maximum atomic E-state index is 13.0. The van der Waals surface area contributed by atoms with Crippen molar-refractivity contribution in [2.75, 3.05) is 0 Å². The number of nitrogens with one attached hydrogen (secondary N) is 4. The van der Waals surface area contributed by atoms with Crippen LogP contribution in [0.25, 0.3) is 10.9 Å². The van der Waals surface area contributed by atoms with Gasteiger partial charge < -0.3 is 42.6 Å². The van der Waals surface area contributed by atoms with E-state index in [1.54, 1.807) is 20.0 Å². The molecule has 39 heavy (non-hydrogen) atoms. The highest BCUT2D eigenvalue weighted by Crippen LogP contribution is 2.19. The molecule has 0 aliphatic rings. The van der Waals surface area contributed by atoms with Crippen LogP contribution in [-0.4, -0.2) is 74.9 Å². The monoisotopic (exact) mass is 546 g/mol. The topological polar surface area (TPSA) is 247 Å². The molecule has 2 aromatic rings. The van der Waals surface area contributed by atoms with Crippen LogP contribution in [0, 0.1) is 5.92 Å². The van der Waals surface area contributed by atoms with Gasteiger partial charge >= 0.3 is 11.9 Å². The van der Waals surface area contributed by atoms with Crippen LogP contribution >= 0.6 is 0 Å². The largest absolute Gasteiger partial charge is 0.481 e. The van der Waals surface area contributed by atoms with Crippen molar-refractivity contribution < 1.29 is 39.0 Å². The Balaban J connectivity index is 2.15. The number of fused-ring (bicyclic) bond motifs is 1. The van der Waals surface area contributed by atoms with Gasteiger partial charge in [0.2, 0.25) is 23.6 Å². The Kier molecular flexibility index (Phi) is 11.0. The molecule has 5 atom stereocenters. The number of carboxylic acids is 2. The Morgan fingerprint density at radius 2 is 1.51 bits per heavy atom. The fourth-order valence-electron chi connectivity index (χ4n) is 3.91. The van der Waals surface area contributed by atoms with E-state index in [4.69, 9.17) is 11.5 Å². The number of nitrogens with two attached hydrogens (primary N) is 2. The lowest BCUT2D eigenvalue weighted by Gasteiger charge is -2.25. The lowest BCUT2D eigenvalue weighted by molar-refractivity contribution is -0.144.